The summed E-state index contributed by atoms with van der Waals surface area (Å²) in [7, 11) is 0. The Morgan fingerprint density at radius 1 is 1.33 bits per heavy atom. The highest BCUT2D eigenvalue weighted by Crippen LogP contribution is 2.24. The number of likely N-dealkylation sites (tertiary alicyclic amines) is 1. The Bertz CT molecular complexity index is 721. The molecule has 0 aliphatic carbocycles. The van der Waals surface area contributed by atoms with Gasteiger partial charge in [0.2, 0.25) is 0 Å². The molecule has 1 aliphatic heterocycles. The van der Waals surface area contributed by atoms with Crippen LogP contribution in [-0.4, -0.2) is 49.4 Å². The van der Waals surface area contributed by atoms with Crippen LogP contribution in [0, 0.1) is 13.8 Å². The van der Waals surface area contributed by atoms with E-state index in [1.807, 2.05) is 43.0 Å². The number of carbonyl (C=O) groups excluding carboxylic acids is 1. The number of benzene rings is 1. The molecule has 24 heavy (non-hydrogen) atoms. The van der Waals surface area contributed by atoms with E-state index in [-0.39, 0.29) is 18.1 Å². The Kier molecular flexibility index (Phi) is 4.66. The Balaban J connectivity index is 1.78. The quantitative estimate of drug-likeness (QED) is 0.934. The number of aliphatic hydroxyl groups is 1. The Labute approximate surface area is 142 Å². The van der Waals surface area contributed by atoms with Gasteiger partial charge in [0.05, 0.1) is 11.8 Å². The third kappa shape index (κ3) is 3.33. The van der Waals surface area contributed by atoms with E-state index in [4.69, 9.17) is 0 Å². The average Bonchev–Trinajstić information content (AvgIpc) is 3.12. The molecule has 128 valence electrons. The van der Waals surface area contributed by atoms with Gasteiger partial charge in [-0.05, 0) is 64.3 Å². The van der Waals surface area contributed by atoms with Gasteiger partial charge in [0.25, 0.3) is 5.91 Å². The van der Waals surface area contributed by atoms with Crippen LogP contribution in [0.4, 0.5) is 0 Å². The highest BCUT2D eigenvalue weighted by Gasteiger charge is 2.30. The second-order valence-corrected chi connectivity index (χ2v) is 6.54. The first-order valence-corrected chi connectivity index (χ1v) is 8.45. The molecule has 0 spiro atoms. The molecule has 6 nitrogen and oxygen atoms in total. The summed E-state index contributed by atoms with van der Waals surface area (Å²) in [6.07, 6.45) is 2.22. The van der Waals surface area contributed by atoms with Gasteiger partial charge in [-0.25, -0.2) is 9.67 Å². The van der Waals surface area contributed by atoms with Crippen molar-refractivity contribution >= 4 is 5.91 Å². The summed E-state index contributed by atoms with van der Waals surface area (Å²) in [4.78, 5) is 19.0. The van der Waals surface area contributed by atoms with Crippen LogP contribution >= 0.6 is 0 Å². The lowest BCUT2D eigenvalue weighted by Crippen LogP contribution is -2.37. The predicted octanol–water partition coefficient (Wildman–Crippen LogP) is 2.26. The fourth-order valence-corrected chi connectivity index (χ4v) is 3.42. The lowest BCUT2D eigenvalue weighted by atomic mass is 10.1. The van der Waals surface area contributed by atoms with E-state index in [0.717, 1.165) is 36.7 Å². The van der Waals surface area contributed by atoms with Crippen molar-refractivity contribution in [2.24, 2.45) is 0 Å². The maximum Gasteiger partial charge on any atom is 0.254 e. The predicted molar refractivity (Wildman–Crippen MR) is 91.2 cm³/mol. The molecule has 1 aromatic heterocycles. The molecule has 2 aromatic rings. The van der Waals surface area contributed by atoms with Gasteiger partial charge in [0, 0.05) is 18.2 Å². The molecule has 1 saturated heterocycles. The molecule has 6 heteroatoms. The van der Waals surface area contributed by atoms with Crippen LogP contribution in [-0.2, 0) is 0 Å². The highest BCUT2D eigenvalue weighted by molar-refractivity contribution is 5.94. The van der Waals surface area contributed by atoms with Gasteiger partial charge in [-0.2, -0.15) is 5.10 Å². The van der Waals surface area contributed by atoms with Crippen LogP contribution in [0.1, 0.15) is 48.2 Å². The minimum absolute atomic E-state index is 0.0381. The largest absolute Gasteiger partial charge is 0.393 e. The molecule has 2 heterocycles. The lowest BCUT2D eigenvalue weighted by Gasteiger charge is -2.25. The van der Waals surface area contributed by atoms with E-state index < -0.39 is 0 Å². The number of hydrogen-bond acceptors (Lipinski definition) is 4. The van der Waals surface area contributed by atoms with E-state index in [2.05, 4.69) is 10.1 Å². The second-order valence-electron chi connectivity index (χ2n) is 6.54. The summed E-state index contributed by atoms with van der Waals surface area (Å²) in [5.41, 5.74) is 1.57. The average molecular weight is 328 g/mol. The third-order valence-corrected chi connectivity index (χ3v) is 4.48. The molecule has 0 saturated carbocycles. The van der Waals surface area contributed by atoms with Crippen LogP contribution in [0.3, 0.4) is 0 Å². The molecule has 1 aromatic carbocycles. The van der Waals surface area contributed by atoms with Gasteiger partial charge in [-0.15, -0.1) is 0 Å². The number of aryl methyl sites for hydroxylation is 2. The first kappa shape index (κ1) is 16.6. The normalized spacial score (nSPS) is 18.8. The molecule has 1 aliphatic rings. The van der Waals surface area contributed by atoms with Crippen molar-refractivity contribution in [1.82, 2.24) is 19.7 Å². The zero-order chi connectivity index (χ0) is 17.3. The topological polar surface area (TPSA) is 71.2 Å². The Hall–Kier alpha value is -2.21. The summed E-state index contributed by atoms with van der Waals surface area (Å²) in [5.74, 6) is 1.59. The summed E-state index contributed by atoms with van der Waals surface area (Å²) in [5, 5.41) is 14.0. The van der Waals surface area contributed by atoms with Gasteiger partial charge in [0.1, 0.15) is 11.6 Å². The van der Waals surface area contributed by atoms with Crippen LogP contribution in [0.2, 0.25) is 0 Å². The number of hydrogen-bond donors (Lipinski definition) is 1. The van der Waals surface area contributed by atoms with E-state index in [0.29, 0.717) is 12.0 Å². The summed E-state index contributed by atoms with van der Waals surface area (Å²) < 4.78 is 1.77. The number of rotatable bonds is 4. The van der Waals surface area contributed by atoms with Gasteiger partial charge in [-0.3, -0.25) is 4.79 Å². The monoisotopic (exact) mass is 328 g/mol. The van der Waals surface area contributed by atoms with Gasteiger partial charge < -0.3 is 10.0 Å². The SMILES string of the molecule is Cc1nc(C)n(-c2ccc(C(=O)N3CCCC3CC(C)O)cc2)n1. The molecule has 1 N–H and O–H groups in total. The van der Waals surface area contributed by atoms with Crippen LogP contribution in [0.15, 0.2) is 24.3 Å². The maximum absolute atomic E-state index is 12.8. The smallest absolute Gasteiger partial charge is 0.254 e. The van der Waals surface area contributed by atoms with Crippen LogP contribution in [0.25, 0.3) is 5.69 Å². The molecular formula is C18H24N4O2. The van der Waals surface area contributed by atoms with Gasteiger partial charge >= 0.3 is 0 Å². The standard InChI is InChI=1S/C18H24N4O2/c1-12(23)11-17-5-4-10-21(17)18(24)15-6-8-16(9-7-15)22-14(3)19-13(2)20-22/h6-9,12,17,23H,4-5,10-11H2,1-3H3. The number of aromatic nitrogens is 3. The fraction of sp³-hybridized carbons (Fsp3) is 0.500. The Morgan fingerprint density at radius 2 is 2.04 bits per heavy atom. The van der Waals surface area contributed by atoms with Crippen molar-refractivity contribution in [3.05, 3.63) is 41.5 Å². The Morgan fingerprint density at radius 3 is 2.62 bits per heavy atom. The number of nitrogens with zero attached hydrogens (tertiary/aromatic N) is 4. The molecule has 0 radical (unpaired) electrons. The molecule has 2 unspecified atom stereocenters. The number of carbonyl (C=O) groups is 1. The van der Waals surface area contributed by atoms with E-state index in [1.165, 1.54) is 0 Å². The molecular weight excluding hydrogens is 304 g/mol. The molecule has 1 amide bonds. The summed E-state index contributed by atoms with van der Waals surface area (Å²) >= 11 is 0. The fourth-order valence-electron chi connectivity index (χ4n) is 3.42. The third-order valence-electron chi connectivity index (χ3n) is 4.48. The van der Waals surface area contributed by atoms with Crippen LogP contribution in [0.5, 0.6) is 0 Å². The van der Waals surface area contributed by atoms with Crippen molar-refractivity contribution < 1.29 is 9.90 Å². The summed E-state index contributed by atoms with van der Waals surface area (Å²) in [6, 6.07) is 7.61. The summed E-state index contributed by atoms with van der Waals surface area (Å²) in [6.45, 7) is 6.30. The molecule has 1 fully saturated rings. The molecule has 2 atom stereocenters. The first-order valence-electron chi connectivity index (χ1n) is 8.45. The van der Waals surface area contributed by atoms with Crippen molar-refractivity contribution in [2.75, 3.05) is 6.54 Å². The molecule has 0 bridgehead atoms. The zero-order valence-corrected chi connectivity index (χ0v) is 14.4. The van der Waals surface area contributed by atoms with E-state index in [1.54, 1.807) is 11.6 Å². The highest BCUT2D eigenvalue weighted by atomic mass is 16.3. The van der Waals surface area contributed by atoms with E-state index in [9.17, 15) is 9.90 Å². The minimum Gasteiger partial charge on any atom is -0.393 e. The van der Waals surface area contributed by atoms with Crippen molar-refractivity contribution in [3.63, 3.8) is 0 Å². The van der Waals surface area contributed by atoms with Gasteiger partial charge in [-0.1, -0.05) is 0 Å². The van der Waals surface area contributed by atoms with Crippen LogP contribution < -0.4 is 0 Å². The second kappa shape index (κ2) is 6.73. The molecule has 3 rings (SSSR count). The van der Waals surface area contributed by atoms with Crippen molar-refractivity contribution in [2.45, 2.75) is 52.2 Å². The lowest BCUT2D eigenvalue weighted by molar-refractivity contribution is 0.0682. The first-order chi connectivity index (χ1) is 11.5. The zero-order valence-electron chi connectivity index (χ0n) is 14.4. The minimum atomic E-state index is -0.385. The van der Waals surface area contributed by atoms with Gasteiger partial charge in [0.15, 0.2) is 0 Å². The number of amides is 1. The van der Waals surface area contributed by atoms with Crippen molar-refractivity contribution in [3.8, 4) is 5.69 Å². The number of aliphatic hydroxyl groups excluding tert-OH is 1. The van der Waals surface area contributed by atoms with Crippen molar-refractivity contribution in [1.29, 1.82) is 0 Å². The van der Waals surface area contributed by atoms with E-state index >= 15 is 0 Å². The maximum atomic E-state index is 12.8.